The van der Waals surface area contributed by atoms with Crippen LogP contribution < -0.4 is 10.1 Å². The fourth-order valence-corrected chi connectivity index (χ4v) is 3.64. The number of hydrogen-bond acceptors (Lipinski definition) is 6. The summed E-state index contributed by atoms with van der Waals surface area (Å²) in [7, 11) is 2.90. The summed E-state index contributed by atoms with van der Waals surface area (Å²) in [5, 5.41) is 14.8. The Morgan fingerprint density at radius 2 is 2.00 bits per heavy atom. The van der Waals surface area contributed by atoms with Crippen LogP contribution in [0.3, 0.4) is 0 Å². The summed E-state index contributed by atoms with van der Waals surface area (Å²) in [5.41, 5.74) is -2.33. The van der Waals surface area contributed by atoms with Gasteiger partial charge < -0.3 is 19.7 Å². The molecular formula is C19H19F3N4O3S. The zero-order valence-electron chi connectivity index (χ0n) is 16.1. The van der Waals surface area contributed by atoms with Crippen molar-refractivity contribution >= 4 is 17.2 Å². The maximum atomic E-state index is 13.5. The third-order valence-electron chi connectivity index (χ3n) is 4.51. The summed E-state index contributed by atoms with van der Waals surface area (Å²) in [4.78, 5) is 20.2. The number of rotatable bonds is 7. The fraction of sp³-hybridized carbons (Fsp3) is 0.316. The molecule has 2 heterocycles. The number of methoxy groups -OCH3 is 1. The van der Waals surface area contributed by atoms with Crippen molar-refractivity contribution in [1.29, 1.82) is 0 Å². The van der Waals surface area contributed by atoms with Crippen LogP contribution in [0.25, 0.3) is 10.6 Å². The number of aryl methyl sites for hydroxylation is 1. The van der Waals surface area contributed by atoms with E-state index in [1.54, 1.807) is 31.4 Å². The average molecular weight is 440 g/mol. The van der Waals surface area contributed by atoms with E-state index in [1.165, 1.54) is 36.2 Å². The number of hydrogen-bond donors (Lipinski definition) is 2. The maximum Gasteiger partial charge on any atom is 0.424 e. The van der Waals surface area contributed by atoms with Gasteiger partial charge in [0.15, 0.2) is 0 Å². The van der Waals surface area contributed by atoms with Crippen LogP contribution in [0, 0.1) is 0 Å². The predicted molar refractivity (Wildman–Crippen MR) is 104 cm³/mol. The van der Waals surface area contributed by atoms with E-state index in [4.69, 9.17) is 4.74 Å². The van der Waals surface area contributed by atoms with Gasteiger partial charge in [0.1, 0.15) is 22.3 Å². The number of ether oxygens (including phenoxy) is 1. The van der Waals surface area contributed by atoms with Gasteiger partial charge in [-0.3, -0.25) is 4.79 Å². The molecule has 0 aliphatic carbocycles. The van der Waals surface area contributed by atoms with Crippen LogP contribution in [0.5, 0.6) is 5.75 Å². The molecule has 0 bridgehead atoms. The Bertz CT molecular complexity index is 1020. The lowest BCUT2D eigenvalue weighted by Gasteiger charge is -2.29. The van der Waals surface area contributed by atoms with Crippen molar-refractivity contribution in [2.24, 2.45) is 7.05 Å². The fourth-order valence-electron chi connectivity index (χ4n) is 2.84. The molecular weight excluding hydrogens is 421 g/mol. The quantitative estimate of drug-likeness (QED) is 0.589. The average Bonchev–Trinajstić information content (AvgIpc) is 3.36. The van der Waals surface area contributed by atoms with Crippen molar-refractivity contribution in [2.45, 2.75) is 18.2 Å². The number of carbonyl (C=O) groups is 1. The van der Waals surface area contributed by atoms with Crippen molar-refractivity contribution in [3.05, 3.63) is 53.6 Å². The van der Waals surface area contributed by atoms with Crippen LogP contribution in [0.4, 0.5) is 13.2 Å². The number of amides is 1. The number of alkyl halides is 3. The largest absolute Gasteiger partial charge is 0.497 e. The molecule has 0 fully saturated rings. The van der Waals surface area contributed by atoms with Crippen molar-refractivity contribution in [3.8, 4) is 16.3 Å². The maximum absolute atomic E-state index is 13.5. The van der Waals surface area contributed by atoms with Crippen molar-refractivity contribution < 1.29 is 27.8 Å². The van der Waals surface area contributed by atoms with Gasteiger partial charge in [-0.1, -0.05) is 0 Å². The van der Waals surface area contributed by atoms with Crippen LogP contribution in [-0.4, -0.2) is 45.4 Å². The summed E-state index contributed by atoms with van der Waals surface area (Å²) in [5.74, 6) is -0.492. The molecule has 3 rings (SSSR count). The lowest BCUT2D eigenvalue weighted by molar-refractivity contribution is -0.272. The first-order valence-corrected chi connectivity index (χ1v) is 9.69. The number of nitrogens with zero attached hydrogens (tertiary/aromatic N) is 3. The molecule has 2 N–H and O–H groups in total. The monoisotopic (exact) mass is 440 g/mol. The van der Waals surface area contributed by atoms with Crippen molar-refractivity contribution in [2.75, 3.05) is 13.7 Å². The number of aliphatic hydroxyl groups is 1. The van der Waals surface area contributed by atoms with Gasteiger partial charge in [0.2, 0.25) is 5.60 Å². The normalized spacial score (nSPS) is 13.7. The van der Waals surface area contributed by atoms with Gasteiger partial charge in [0.05, 0.1) is 7.11 Å². The van der Waals surface area contributed by atoms with Crippen molar-refractivity contribution in [1.82, 2.24) is 19.9 Å². The Labute approximate surface area is 174 Å². The lowest BCUT2D eigenvalue weighted by Crippen LogP contribution is -2.46. The van der Waals surface area contributed by atoms with E-state index in [0.29, 0.717) is 10.8 Å². The number of aromatic nitrogens is 3. The van der Waals surface area contributed by atoms with Gasteiger partial charge in [0.25, 0.3) is 5.91 Å². The molecule has 30 heavy (non-hydrogen) atoms. The molecule has 0 saturated carbocycles. The Morgan fingerprint density at radius 1 is 1.30 bits per heavy atom. The topological polar surface area (TPSA) is 89.3 Å². The Hall–Kier alpha value is -2.92. The molecule has 0 radical (unpaired) electrons. The van der Waals surface area contributed by atoms with Gasteiger partial charge in [-0.15, -0.1) is 11.3 Å². The van der Waals surface area contributed by atoms with Crippen molar-refractivity contribution in [3.63, 3.8) is 0 Å². The molecule has 3 aromatic rings. The van der Waals surface area contributed by atoms with E-state index in [0.717, 1.165) is 10.1 Å². The first kappa shape index (κ1) is 21.8. The minimum absolute atomic E-state index is 0.0818. The molecule has 0 spiro atoms. The van der Waals surface area contributed by atoms with Gasteiger partial charge in [-0.2, -0.15) is 13.2 Å². The first-order valence-electron chi connectivity index (χ1n) is 8.81. The highest BCUT2D eigenvalue weighted by molar-refractivity contribution is 7.13. The van der Waals surface area contributed by atoms with E-state index in [-0.39, 0.29) is 5.69 Å². The highest BCUT2D eigenvalue weighted by atomic mass is 32.1. The van der Waals surface area contributed by atoms with E-state index in [9.17, 15) is 23.1 Å². The van der Waals surface area contributed by atoms with Crippen LogP contribution in [0.1, 0.15) is 22.7 Å². The third kappa shape index (κ3) is 4.31. The number of thiazole rings is 1. The highest BCUT2D eigenvalue weighted by Gasteiger charge is 2.57. The molecule has 1 aromatic carbocycles. The van der Waals surface area contributed by atoms with Gasteiger partial charge in [0, 0.05) is 43.4 Å². The highest BCUT2D eigenvalue weighted by Crippen LogP contribution is 2.40. The second-order valence-electron chi connectivity index (χ2n) is 6.49. The Morgan fingerprint density at radius 3 is 2.57 bits per heavy atom. The van der Waals surface area contributed by atoms with Crippen LogP contribution >= 0.6 is 11.3 Å². The van der Waals surface area contributed by atoms with Crippen LogP contribution in [-0.2, 0) is 12.6 Å². The lowest BCUT2D eigenvalue weighted by atomic mass is 9.97. The zero-order valence-corrected chi connectivity index (χ0v) is 16.9. The van der Waals surface area contributed by atoms with Crippen LogP contribution in [0.15, 0.2) is 42.0 Å². The molecule has 7 nitrogen and oxygen atoms in total. The summed E-state index contributed by atoms with van der Waals surface area (Å²) >= 11 is 1.23. The Kier molecular flexibility index (Phi) is 6.13. The van der Waals surface area contributed by atoms with E-state index in [1.807, 2.05) is 0 Å². The Balaban J connectivity index is 1.66. The number of carbonyl (C=O) groups excluding carboxylic acids is 1. The molecule has 160 valence electrons. The third-order valence-corrected chi connectivity index (χ3v) is 5.40. The number of nitrogens with one attached hydrogen (secondary N) is 1. The molecule has 11 heteroatoms. The van der Waals surface area contributed by atoms with Gasteiger partial charge in [-0.25, -0.2) is 9.97 Å². The number of halogens is 3. The van der Waals surface area contributed by atoms with E-state index in [2.05, 4.69) is 15.3 Å². The molecule has 0 aliphatic heterocycles. The molecule has 0 saturated heterocycles. The second-order valence-corrected chi connectivity index (χ2v) is 7.35. The van der Waals surface area contributed by atoms with Gasteiger partial charge >= 0.3 is 6.18 Å². The van der Waals surface area contributed by atoms with E-state index >= 15 is 0 Å². The summed E-state index contributed by atoms with van der Waals surface area (Å²) in [6.45, 7) is -0.420. The predicted octanol–water partition coefficient (Wildman–Crippen LogP) is 3.12. The molecule has 2 aromatic heterocycles. The van der Waals surface area contributed by atoms with E-state index < -0.39 is 36.5 Å². The molecule has 0 aliphatic rings. The minimum Gasteiger partial charge on any atom is -0.497 e. The molecule has 1 amide bonds. The summed E-state index contributed by atoms with van der Waals surface area (Å²) < 4.78 is 46.7. The SMILES string of the molecule is COc1ccc(-c2nc(C(=O)NCCC(O)(c3nccn3C)C(F)(F)F)cs2)cc1. The second kappa shape index (κ2) is 8.44. The van der Waals surface area contributed by atoms with Crippen LogP contribution in [0.2, 0.25) is 0 Å². The minimum atomic E-state index is -4.96. The smallest absolute Gasteiger partial charge is 0.424 e. The first-order chi connectivity index (χ1) is 14.2. The molecule has 1 unspecified atom stereocenters. The number of benzene rings is 1. The van der Waals surface area contributed by atoms with Gasteiger partial charge in [-0.05, 0) is 24.3 Å². The standard InChI is InChI=1S/C19H19F3N4O3S/c1-26-10-9-24-17(26)18(28,19(20,21)22)7-8-23-15(27)14-11-30-16(25-14)12-3-5-13(29-2)6-4-12/h3-6,9-11,28H,7-8H2,1-2H3,(H,23,27). The summed E-state index contributed by atoms with van der Waals surface area (Å²) in [6, 6.07) is 7.09. The molecule has 1 atom stereocenters. The summed E-state index contributed by atoms with van der Waals surface area (Å²) in [6.07, 6.45) is -3.28. The zero-order chi connectivity index (χ0) is 21.9. The number of imidazole rings is 1.